The molecule has 2 aromatic rings. The SMILES string of the molecule is CN1/C(=C\C=C2/SC(=S)N(CCc3ccccc3)C2=O)C(C)(C)c2ccccc21. The number of likely N-dealkylation sites (N-methyl/N-ethyl adjacent to an activating group) is 1. The third-order valence-corrected chi connectivity index (χ3v) is 7.07. The van der Waals surface area contributed by atoms with Crippen molar-refractivity contribution in [2.45, 2.75) is 25.7 Å². The first-order valence-corrected chi connectivity index (χ1v) is 11.0. The molecule has 5 heteroatoms. The minimum atomic E-state index is -0.109. The second-order valence-corrected chi connectivity index (χ2v) is 9.52. The molecule has 2 aliphatic rings. The van der Waals surface area contributed by atoms with Gasteiger partial charge in [-0.15, -0.1) is 0 Å². The van der Waals surface area contributed by atoms with E-state index >= 15 is 0 Å². The van der Waals surface area contributed by atoms with Crippen LogP contribution in [0.25, 0.3) is 0 Å². The molecule has 0 bridgehead atoms. The number of para-hydroxylation sites is 1. The summed E-state index contributed by atoms with van der Waals surface area (Å²) in [6, 6.07) is 18.6. The Kier molecular flexibility index (Phi) is 5.36. The second kappa shape index (κ2) is 7.81. The van der Waals surface area contributed by atoms with Gasteiger partial charge in [-0.2, -0.15) is 0 Å². The Bertz CT molecular complexity index is 1020. The van der Waals surface area contributed by atoms with Crippen LogP contribution in [-0.4, -0.2) is 28.7 Å². The molecule has 4 rings (SSSR count). The molecule has 0 aliphatic carbocycles. The van der Waals surface area contributed by atoms with Crippen molar-refractivity contribution in [1.82, 2.24) is 4.90 Å². The molecule has 0 radical (unpaired) electrons. The van der Waals surface area contributed by atoms with Crippen molar-refractivity contribution in [2.24, 2.45) is 0 Å². The number of nitrogens with zero attached hydrogens (tertiary/aromatic N) is 2. The lowest BCUT2D eigenvalue weighted by Crippen LogP contribution is -2.30. The highest BCUT2D eigenvalue weighted by atomic mass is 32.2. The van der Waals surface area contributed by atoms with E-state index in [2.05, 4.69) is 68.3 Å². The van der Waals surface area contributed by atoms with Crippen molar-refractivity contribution in [3.8, 4) is 0 Å². The Labute approximate surface area is 182 Å². The van der Waals surface area contributed by atoms with E-state index in [1.807, 2.05) is 24.3 Å². The molecule has 2 aromatic carbocycles. The number of benzene rings is 2. The van der Waals surface area contributed by atoms with Crippen molar-refractivity contribution in [3.63, 3.8) is 0 Å². The fourth-order valence-electron chi connectivity index (χ4n) is 4.05. The van der Waals surface area contributed by atoms with Gasteiger partial charge in [-0.25, -0.2) is 0 Å². The van der Waals surface area contributed by atoms with Gasteiger partial charge in [0, 0.05) is 30.4 Å². The van der Waals surface area contributed by atoms with Gasteiger partial charge in [0.15, 0.2) is 0 Å². The number of allylic oxidation sites excluding steroid dienone is 3. The van der Waals surface area contributed by atoms with Gasteiger partial charge in [0.2, 0.25) is 0 Å². The Morgan fingerprint density at radius 3 is 2.45 bits per heavy atom. The molecular formula is C24H24N2OS2. The molecule has 3 nitrogen and oxygen atoms in total. The number of carbonyl (C=O) groups is 1. The normalized spacial score (nSPS) is 20.8. The standard InChI is InChI=1S/C24H24N2OS2/c1-24(2)18-11-7-8-12-19(18)25(3)21(24)14-13-20-22(27)26(23(28)29-20)16-15-17-9-5-4-6-10-17/h4-14H,15-16H2,1-3H3/b20-13-,21-14-. The highest BCUT2D eigenvalue weighted by Gasteiger charge is 2.38. The Morgan fingerprint density at radius 1 is 1.03 bits per heavy atom. The summed E-state index contributed by atoms with van der Waals surface area (Å²) in [6.45, 7) is 5.06. The minimum absolute atomic E-state index is 0.00347. The van der Waals surface area contributed by atoms with Crippen LogP contribution >= 0.6 is 24.0 Å². The van der Waals surface area contributed by atoms with Crippen LogP contribution in [0.5, 0.6) is 0 Å². The summed E-state index contributed by atoms with van der Waals surface area (Å²) in [6.07, 6.45) is 4.80. The first-order valence-electron chi connectivity index (χ1n) is 9.73. The van der Waals surface area contributed by atoms with Crippen LogP contribution < -0.4 is 4.90 Å². The van der Waals surface area contributed by atoms with Gasteiger partial charge in [-0.1, -0.05) is 86.4 Å². The fraction of sp³-hybridized carbons (Fsp3) is 0.250. The molecule has 1 fully saturated rings. The van der Waals surface area contributed by atoms with Crippen LogP contribution in [0.3, 0.4) is 0 Å². The summed E-state index contributed by atoms with van der Waals surface area (Å²) < 4.78 is 0.637. The molecule has 29 heavy (non-hydrogen) atoms. The van der Waals surface area contributed by atoms with Gasteiger partial charge in [-0.05, 0) is 35.8 Å². The molecule has 1 saturated heterocycles. The van der Waals surface area contributed by atoms with Crippen LogP contribution in [0, 0.1) is 0 Å². The molecular weight excluding hydrogens is 396 g/mol. The Morgan fingerprint density at radius 2 is 1.72 bits per heavy atom. The molecule has 1 amide bonds. The lowest BCUT2D eigenvalue weighted by atomic mass is 9.84. The number of thiocarbonyl (C=S) groups is 1. The van der Waals surface area contributed by atoms with Crippen molar-refractivity contribution < 1.29 is 4.79 Å². The zero-order valence-corrected chi connectivity index (χ0v) is 18.5. The van der Waals surface area contributed by atoms with Crippen molar-refractivity contribution >= 4 is 39.9 Å². The maximum Gasteiger partial charge on any atom is 0.266 e. The first kappa shape index (κ1) is 19.9. The number of hydrogen-bond acceptors (Lipinski definition) is 4. The molecule has 148 valence electrons. The van der Waals surface area contributed by atoms with E-state index in [0.29, 0.717) is 15.8 Å². The summed E-state index contributed by atoms with van der Waals surface area (Å²) in [5.41, 5.74) is 4.79. The maximum atomic E-state index is 12.9. The van der Waals surface area contributed by atoms with Crippen LogP contribution in [0.2, 0.25) is 0 Å². The van der Waals surface area contributed by atoms with Crippen molar-refractivity contribution in [1.29, 1.82) is 0 Å². The van der Waals surface area contributed by atoms with Crippen molar-refractivity contribution in [2.75, 3.05) is 18.5 Å². The molecule has 0 saturated carbocycles. The van der Waals surface area contributed by atoms with E-state index in [1.54, 1.807) is 4.90 Å². The zero-order valence-electron chi connectivity index (χ0n) is 16.9. The summed E-state index contributed by atoms with van der Waals surface area (Å²) in [5, 5.41) is 0. The predicted molar refractivity (Wildman–Crippen MR) is 126 cm³/mol. The van der Waals surface area contributed by atoms with Gasteiger partial charge in [0.1, 0.15) is 4.32 Å². The number of hydrogen-bond donors (Lipinski definition) is 0. The van der Waals surface area contributed by atoms with E-state index in [-0.39, 0.29) is 11.3 Å². The maximum absolute atomic E-state index is 12.9. The van der Waals surface area contributed by atoms with Gasteiger partial charge >= 0.3 is 0 Å². The van der Waals surface area contributed by atoms with Crippen LogP contribution in [0.1, 0.15) is 25.0 Å². The van der Waals surface area contributed by atoms with Gasteiger partial charge in [0.25, 0.3) is 5.91 Å². The largest absolute Gasteiger partial charge is 0.347 e. The average molecular weight is 421 g/mol. The molecule has 0 unspecified atom stereocenters. The smallest absolute Gasteiger partial charge is 0.266 e. The van der Waals surface area contributed by atoms with E-state index < -0.39 is 0 Å². The molecule has 0 atom stereocenters. The average Bonchev–Trinajstić information content (AvgIpc) is 3.10. The third-order valence-electron chi connectivity index (χ3n) is 5.67. The molecule has 0 aromatic heterocycles. The molecule has 0 N–H and O–H groups in total. The fourth-order valence-corrected chi connectivity index (χ4v) is 5.30. The van der Waals surface area contributed by atoms with Gasteiger partial charge < -0.3 is 4.90 Å². The quantitative estimate of drug-likeness (QED) is 0.496. The van der Waals surface area contributed by atoms with E-state index in [4.69, 9.17) is 12.2 Å². The van der Waals surface area contributed by atoms with Gasteiger partial charge in [-0.3, -0.25) is 9.69 Å². The lowest BCUT2D eigenvalue weighted by Gasteiger charge is -2.23. The first-order chi connectivity index (χ1) is 13.9. The van der Waals surface area contributed by atoms with Crippen LogP contribution in [0.4, 0.5) is 5.69 Å². The topological polar surface area (TPSA) is 23.6 Å². The number of anilines is 1. The third kappa shape index (κ3) is 3.65. The monoisotopic (exact) mass is 420 g/mol. The number of rotatable bonds is 4. The molecule has 2 aliphatic heterocycles. The Balaban J connectivity index is 1.53. The summed E-state index contributed by atoms with van der Waals surface area (Å²) >= 11 is 6.87. The number of carbonyl (C=O) groups excluding carboxylic acids is 1. The Hall–Kier alpha value is -2.37. The minimum Gasteiger partial charge on any atom is -0.347 e. The van der Waals surface area contributed by atoms with Crippen LogP contribution in [-0.2, 0) is 16.6 Å². The number of fused-ring (bicyclic) bond motifs is 1. The predicted octanol–water partition coefficient (Wildman–Crippen LogP) is 5.28. The highest BCUT2D eigenvalue weighted by Crippen LogP contribution is 2.46. The van der Waals surface area contributed by atoms with Crippen molar-refractivity contribution in [3.05, 3.63) is 88.5 Å². The summed E-state index contributed by atoms with van der Waals surface area (Å²) in [5.74, 6) is 0.00347. The van der Waals surface area contributed by atoms with E-state index in [9.17, 15) is 4.79 Å². The summed E-state index contributed by atoms with van der Waals surface area (Å²) in [4.78, 5) is 17.5. The number of thioether (sulfide) groups is 1. The molecule has 0 spiro atoms. The number of amides is 1. The highest BCUT2D eigenvalue weighted by molar-refractivity contribution is 8.26. The van der Waals surface area contributed by atoms with Crippen LogP contribution in [0.15, 0.2) is 77.4 Å². The van der Waals surface area contributed by atoms with E-state index in [1.165, 1.54) is 34.3 Å². The zero-order chi connectivity index (χ0) is 20.6. The second-order valence-electron chi connectivity index (χ2n) is 7.84. The lowest BCUT2D eigenvalue weighted by molar-refractivity contribution is -0.122. The summed E-state index contributed by atoms with van der Waals surface area (Å²) in [7, 11) is 2.08. The molecule has 2 heterocycles. The van der Waals surface area contributed by atoms with E-state index in [0.717, 1.165) is 6.42 Å². The van der Waals surface area contributed by atoms with Gasteiger partial charge in [0.05, 0.1) is 4.91 Å².